The van der Waals surface area contributed by atoms with Gasteiger partial charge in [-0.3, -0.25) is 24.2 Å². The van der Waals surface area contributed by atoms with Crippen LogP contribution in [0.25, 0.3) is 21.0 Å². The quantitative estimate of drug-likeness (QED) is 0.102. The molecule has 0 amide bonds. The first kappa shape index (κ1) is 34.0. The molecule has 0 aliphatic rings. The summed E-state index contributed by atoms with van der Waals surface area (Å²) in [5.41, 5.74) is -1.23. The van der Waals surface area contributed by atoms with Crippen LogP contribution in [0.15, 0.2) is 30.5 Å². The minimum atomic E-state index is -1.29. The average Bonchev–Trinajstić information content (AvgIpc) is 3.45. The molecule has 0 saturated heterocycles. The number of carboxylic acids is 2. The molecule has 0 bridgehead atoms. The van der Waals surface area contributed by atoms with E-state index in [9.17, 15) is 24.3 Å². The topological polar surface area (TPSA) is 159 Å². The van der Waals surface area contributed by atoms with Gasteiger partial charge in [0, 0.05) is 52.6 Å². The molecule has 0 radical (unpaired) electrons. The van der Waals surface area contributed by atoms with Crippen molar-refractivity contribution in [1.82, 2.24) is 4.98 Å². The highest BCUT2D eigenvalue weighted by atomic mass is 32.1. The average molecular weight is 660 g/mol. The number of rotatable bonds is 16. The van der Waals surface area contributed by atoms with Gasteiger partial charge >= 0.3 is 11.9 Å². The van der Waals surface area contributed by atoms with E-state index >= 15 is 8.78 Å². The molecule has 14 heteroatoms. The molecule has 2 aromatic heterocycles. The molecule has 0 atom stereocenters. The van der Waals surface area contributed by atoms with Gasteiger partial charge in [-0.05, 0) is 32.0 Å². The van der Waals surface area contributed by atoms with Crippen molar-refractivity contribution in [2.45, 2.75) is 39.5 Å². The molecule has 0 spiro atoms. The zero-order valence-corrected chi connectivity index (χ0v) is 26.2. The maximum absolute atomic E-state index is 15.5. The number of halogens is 2. The Morgan fingerprint density at radius 3 is 2.11 bits per heavy atom. The summed E-state index contributed by atoms with van der Waals surface area (Å²) >= 11 is 1.02. The number of pyridine rings is 1. The molecule has 4 aromatic rings. The molecule has 46 heavy (non-hydrogen) atoms. The fourth-order valence-corrected chi connectivity index (χ4v) is 5.52. The molecule has 4 rings (SSSR count). The van der Waals surface area contributed by atoms with Crippen molar-refractivity contribution in [2.75, 3.05) is 27.4 Å². The summed E-state index contributed by atoms with van der Waals surface area (Å²) in [6, 6.07) is 5.74. The lowest BCUT2D eigenvalue weighted by molar-refractivity contribution is -0.146. The Bertz CT molecular complexity index is 1840. The van der Waals surface area contributed by atoms with Gasteiger partial charge in [0.25, 0.3) is 0 Å². The summed E-state index contributed by atoms with van der Waals surface area (Å²) in [5, 5.41) is 18.5. The Labute approximate surface area is 265 Å². The first-order valence-electron chi connectivity index (χ1n) is 14.0. The molecule has 11 nitrogen and oxygen atoms in total. The second-order valence-electron chi connectivity index (χ2n) is 10.9. The van der Waals surface area contributed by atoms with Crippen LogP contribution in [0.4, 0.5) is 8.78 Å². The van der Waals surface area contributed by atoms with Gasteiger partial charge in [0.2, 0.25) is 0 Å². The highest BCUT2D eigenvalue weighted by molar-refractivity contribution is 7.20. The number of carbonyl (C=O) groups is 4. The van der Waals surface area contributed by atoms with Gasteiger partial charge in [-0.2, -0.15) is 0 Å². The number of hydrogen-bond donors (Lipinski definition) is 2. The molecule has 0 saturated carbocycles. The molecule has 2 heterocycles. The Balaban J connectivity index is 1.44. The van der Waals surface area contributed by atoms with Crippen molar-refractivity contribution < 1.29 is 57.1 Å². The van der Waals surface area contributed by atoms with Crippen molar-refractivity contribution in [3.05, 3.63) is 52.5 Å². The van der Waals surface area contributed by atoms with E-state index in [-0.39, 0.29) is 88.6 Å². The Morgan fingerprint density at radius 1 is 0.870 bits per heavy atom. The van der Waals surface area contributed by atoms with Crippen LogP contribution in [0.1, 0.15) is 59.6 Å². The van der Waals surface area contributed by atoms with Crippen LogP contribution in [-0.2, 0) is 9.59 Å². The van der Waals surface area contributed by atoms with Crippen molar-refractivity contribution >= 4 is 55.8 Å². The van der Waals surface area contributed by atoms with E-state index in [0.717, 1.165) is 11.3 Å². The summed E-state index contributed by atoms with van der Waals surface area (Å²) in [7, 11) is 2.65. The van der Waals surface area contributed by atoms with Crippen LogP contribution in [0.5, 0.6) is 23.0 Å². The smallest absolute Gasteiger partial charge is 0.309 e. The molecule has 0 fully saturated rings. The maximum Gasteiger partial charge on any atom is 0.309 e. The molecule has 2 N–H and O–H groups in total. The van der Waals surface area contributed by atoms with Crippen LogP contribution in [-0.4, -0.2) is 66.1 Å². The summed E-state index contributed by atoms with van der Waals surface area (Å²) in [6.07, 6.45) is 0.524. The van der Waals surface area contributed by atoms with Crippen LogP contribution in [0.3, 0.4) is 0 Å². The molecule has 0 aliphatic carbocycles. The monoisotopic (exact) mass is 659 g/mol. The number of fused-ring (bicyclic) bond motifs is 2. The van der Waals surface area contributed by atoms with E-state index < -0.39 is 40.6 Å². The summed E-state index contributed by atoms with van der Waals surface area (Å²) in [5.74, 6) is -4.97. The minimum Gasteiger partial charge on any atom is -0.493 e. The van der Waals surface area contributed by atoms with E-state index in [0.29, 0.717) is 4.70 Å². The van der Waals surface area contributed by atoms with Gasteiger partial charge in [0.1, 0.15) is 5.52 Å². The van der Waals surface area contributed by atoms with E-state index in [1.807, 2.05) is 0 Å². The third-order valence-electron chi connectivity index (χ3n) is 7.08. The molecule has 2 aromatic carbocycles. The van der Waals surface area contributed by atoms with Crippen molar-refractivity contribution in [2.24, 2.45) is 5.41 Å². The molecular formula is C32H31F2NO10S. The standard InChI is InChI=1S/C32H31F2NO10S/c1-32(2,31(40)41)14-20(37)24-12-18-23(46-24)13-22(43-4)29(26(18)33)44-8-5-9-45-30-21(42-3)11-16-10-17(15-35-28(16)27(30)34)19(36)6-7-25(38)39/h10-13,15H,5-9,14H2,1-4H3,(H,38,39)(H,40,41). The summed E-state index contributed by atoms with van der Waals surface area (Å²) < 4.78 is 53.2. The molecule has 0 unspecified atom stereocenters. The third-order valence-corrected chi connectivity index (χ3v) is 8.21. The first-order chi connectivity index (χ1) is 21.8. The SMILES string of the molecule is COc1cc2sc(C(=O)CC(C)(C)C(=O)O)cc2c(F)c1OCCCOc1c(OC)cc2cc(C(=O)CCC(=O)O)cnc2c1F. The highest BCUT2D eigenvalue weighted by Gasteiger charge is 2.31. The number of aliphatic carboxylic acids is 2. The maximum atomic E-state index is 15.5. The van der Waals surface area contributed by atoms with Gasteiger partial charge in [-0.25, -0.2) is 8.78 Å². The van der Waals surface area contributed by atoms with Gasteiger partial charge < -0.3 is 29.2 Å². The molecular weight excluding hydrogens is 628 g/mol. The van der Waals surface area contributed by atoms with E-state index in [1.54, 1.807) is 0 Å². The molecule has 244 valence electrons. The number of carbonyl (C=O) groups excluding carboxylic acids is 2. The first-order valence-corrected chi connectivity index (χ1v) is 14.8. The van der Waals surface area contributed by atoms with Crippen molar-refractivity contribution in [3.63, 3.8) is 0 Å². The fraction of sp³-hybridized carbons (Fsp3) is 0.344. The van der Waals surface area contributed by atoms with Gasteiger partial charge in [-0.1, -0.05) is 0 Å². The largest absolute Gasteiger partial charge is 0.493 e. The summed E-state index contributed by atoms with van der Waals surface area (Å²) in [6.45, 7) is 2.76. The lowest BCUT2D eigenvalue weighted by atomic mass is 9.87. The Hall–Kier alpha value is -4.85. The number of thiophene rings is 1. The van der Waals surface area contributed by atoms with E-state index in [1.165, 1.54) is 58.5 Å². The lowest BCUT2D eigenvalue weighted by Crippen LogP contribution is -2.26. The molecule has 0 aliphatic heterocycles. The zero-order chi connectivity index (χ0) is 33.8. The number of ether oxygens (including phenoxy) is 4. The minimum absolute atomic E-state index is 0.0376. The van der Waals surface area contributed by atoms with Crippen LogP contribution in [0, 0.1) is 17.0 Å². The second kappa shape index (κ2) is 14.1. The van der Waals surface area contributed by atoms with Gasteiger partial charge in [-0.15, -0.1) is 11.3 Å². The van der Waals surface area contributed by atoms with Crippen molar-refractivity contribution in [1.29, 1.82) is 0 Å². The lowest BCUT2D eigenvalue weighted by Gasteiger charge is -2.16. The van der Waals surface area contributed by atoms with E-state index in [4.69, 9.17) is 24.1 Å². The van der Waals surface area contributed by atoms with E-state index in [2.05, 4.69) is 4.98 Å². The number of hydrogen-bond acceptors (Lipinski definition) is 10. The summed E-state index contributed by atoms with van der Waals surface area (Å²) in [4.78, 5) is 51.5. The van der Waals surface area contributed by atoms with Crippen LogP contribution in [0.2, 0.25) is 0 Å². The number of carboxylic acid groups (broad SMARTS) is 2. The number of ketones is 2. The Kier molecular flexibility index (Phi) is 10.4. The number of benzene rings is 2. The van der Waals surface area contributed by atoms with Crippen LogP contribution >= 0.6 is 11.3 Å². The van der Waals surface area contributed by atoms with Gasteiger partial charge in [0.05, 0.1) is 44.1 Å². The zero-order valence-electron chi connectivity index (χ0n) is 25.4. The van der Waals surface area contributed by atoms with Gasteiger partial charge in [0.15, 0.2) is 46.2 Å². The normalized spacial score (nSPS) is 11.4. The van der Waals surface area contributed by atoms with Crippen LogP contribution < -0.4 is 18.9 Å². The fourth-order valence-electron chi connectivity index (χ4n) is 4.50. The predicted octanol–water partition coefficient (Wildman–Crippen LogP) is 6.32. The number of methoxy groups -OCH3 is 2. The number of aromatic nitrogens is 1. The van der Waals surface area contributed by atoms with Crippen molar-refractivity contribution in [3.8, 4) is 23.0 Å². The predicted molar refractivity (Wildman–Crippen MR) is 164 cm³/mol. The second-order valence-corrected chi connectivity index (χ2v) is 12.0. The number of Topliss-reactive ketones (excluding diaryl/α,β-unsaturated/α-hetero) is 2. The highest BCUT2D eigenvalue weighted by Crippen LogP contribution is 2.41. The number of nitrogens with zero attached hydrogens (tertiary/aromatic N) is 1. The third kappa shape index (κ3) is 7.33. The Morgan fingerprint density at radius 2 is 1.50 bits per heavy atom.